The average molecular weight is 134 g/mol. The zero-order valence-electron chi connectivity index (χ0n) is 5.31. The van der Waals surface area contributed by atoms with Gasteiger partial charge in [-0.15, -0.1) is 0 Å². The highest BCUT2D eigenvalue weighted by atomic mass is 19.1. The van der Waals surface area contributed by atoms with E-state index in [1.54, 1.807) is 0 Å². The minimum Gasteiger partial charge on any atom is -0.499 e. The van der Waals surface area contributed by atoms with Crippen LogP contribution >= 0.6 is 0 Å². The largest absolute Gasteiger partial charge is 0.499 e. The van der Waals surface area contributed by atoms with E-state index in [0.29, 0.717) is 13.2 Å². The van der Waals surface area contributed by atoms with Crippen LogP contribution in [0.1, 0.15) is 0 Å². The molecule has 0 rings (SSSR count). The topological polar surface area (TPSA) is 18.5 Å². The van der Waals surface area contributed by atoms with Crippen LogP contribution in [0.5, 0.6) is 0 Å². The van der Waals surface area contributed by atoms with Crippen molar-refractivity contribution in [1.82, 2.24) is 0 Å². The predicted molar refractivity (Wildman–Crippen MR) is 32.9 cm³/mol. The monoisotopic (exact) mass is 134 g/mol. The van der Waals surface area contributed by atoms with Crippen LogP contribution in [0.4, 0.5) is 4.39 Å². The number of halogens is 1. The van der Waals surface area contributed by atoms with E-state index in [4.69, 9.17) is 9.47 Å². The first kappa shape index (κ1) is 8.43. The van der Waals surface area contributed by atoms with E-state index in [1.807, 2.05) is 0 Å². The van der Waals surface area contributed by atoms with Gasteiger partial charge < -0.3 is 9.47 Å². The van der Waals surface area contributed by atoms with Crippen molar-refractivity contribution in [1.29, 1.82) is 0 Å². The van der Waals surface area contributed by atoms with Crippen molar-refractivity contribution in [2.75, 3.05) is 26.5 Å². The minimum atomic E-state index is -0.436. The van der Waals surface area contributed by atoms with Gasteiger partial charge in [0, 0.05) is 0 Å². The van der Waals surface area contributed by atoms with Crippen molar-refractivity contribution >= 4 is 0 Å². The van der Waals surface area contributed by atoms with Crippen molar-refractivity contribution in [3.05, 3.63) is 12.8 Å². The molecule has 0 unspecified atom stereocenters. The summed E-state index contributed by atoms with van der Waals surface area (Å²) in [5, 5.41) is 0. The second-order valence-corrected chi connectivity index (χ2v) is 1.34. The third-order valence-electron chi connectivity index (χ3n) is 0.685. The summed E-state index contributed by atoms with van der Waals surface area (Å²) in [6, 6.07) is 0. The summed E-state index contributed by atoms with van der Waals surface area (Å²) in [6.07, 6.45) is 1.33. The Kier molecular flexibility index (Phi) is 6.96. The first-order valence-electron chi connectivity index (χ1n) is 2.78. The summed E-state index contributed by atoms with van der Waals surface area (Å²) in [5.41, 5.74) is 0. The summed E-state index contributed by atoms with van der Waals surface area (Å²) in [5.74, 6) is 0. The summed E-state index contributed by atoms with van der Waals surface area (Å²) in [4.78, 5) is 0. The van der Waals surface area contributed by atoms with Crippen molar-refractivity contribution in [2.24, 2.45) is 0 Å². The maximum atomic E-state index is 11.3. The minimum absolute atomic E-state index is 0.153. The second-order valence-electron chi connectivity index (χ2n) is 1.34. The molecule has 0 spiro atoms. The molecule has 0 atom stereocenters. The van der Waals surface area contributed by atoms with Crippen LogP contribution in [-0.4, -0.2) is 26.5 Å². The number of hydrogen-bond donors (Lipinski definition) is 0. The summed E-state index contributed by atoms with van der Waals surface area (Å²) in [7, 11) is 0. The fourth-order valence-corrected chi connectivity index (χ4v) is 0.347. The van der Waals surface area contributed by atoms with E-state index >= 15 is 0 Å². The lowest BCUT2D eigenvalue weighted by molar-refractivity contribution is 0.0765. The molecule has 9 heavy (non-hydrogen) atoms. The molecule has 0 amide bonds. The van der Waals surface area contributed by atoms with Gasteiger partial charge >= 0.3 is 0 Å². The Labute approximate surface area is 54.3 Å². The van der Waals surface area contributed by atoms with Gasteiger partial charge in [0.1, 0.15) is 13.3 Å². The van der Waals surface area contributed by atoms with Crippen LogP contribution in [0, 0.1) is 0 Å². The zero-order valence-corrected chi connectivity index (χ0v) is 5.31. The van der Waals surface area contributed by atoms with Gasteiger partial charge in [-0.3, -0.25) is 0 Å². The smallest absolute Gasteiger partial charge is 0.113 e. The molecule has 0 aliphatic rings. The van der Waals surface area contributed by atoms with Crippen LogP contribution in [0.3, 0.4) is 0 Å². The summed E-state index contributed by atoms with van der Waals surface area (Å²) < 4.78 is 20.7. The van der Waals surface area contributed by atoms with E-state index < -0.39 is 6.67 Å². The fraction of sp³-hybridized carbons (Fsp3) is 0.667. The van der Waals surface area contributed by atoms with Gasteiger partial charge in [0.2, 0.25) is 0 Å². The highest BCUT2D eigenvalue weighted by Gasteiger charge is 1.84. The van der Waals surface area contributed by atoms with Gasteiger partial charge in [-0.2, -0.15) is 0 Å². The molecule has 0 N–H and O–H groups in total. The highest BCUT2D eigenvalue weighted by Crippen LogP contribution is 1.78. The molecule has 0 fully saturated rings. The molecule has 0 radical (unpaired) electrons. The Morgan fingerprint density at radius 2 is 2.11 bits per heavy atom. The van der Waals surface area contributed by atoms with Crippen molar-refractivity contribution in [3.63, 3.8) is 0 Å². The maximum Gasteiger partial charge on any atom is 0.113 e. The Morgan fingerprint density at radius 3 is 2.67 bits per heavy atom. The molecule has 0 heterocycles. The maximum absolute atomic E-state index is 11.3. The van der Waals surface area contributed by atoms with Gasteiger partial charge in [-0.1, -0.05) is 6.58 Å². The van der Waals surface area contributed by atoms with Crippen LogP contribution in [0.15, 0.2) is 12.8 Å². The molecule has 3 heteroatoms. The lowest BCUT2D eigenvalue weighted by Crippen LogP contribution is -2.03. The Morgan fingerprint density at radius 1 is 1.33 bits per heavy atom. The molecule has 0 bridgehead atoms. The van der Waals surface area contributed by atoms with Gasteiger partial charge in [0.15, 0.2) is 0 Å². The molecule has 0 aromatic rings. The Balaban J connectivity index is 2.66. The number of hydrogen-bond acceptors (Lipinski definition) is 2. The third-order valence-corrected chi connectivity index (χ3v) is 0.685. The molecule has 0 saturated carbocycles. The standard InChI is InChI=1S/C6H11FO2/c1-2-8-5-6-9-4-3-7/h2H,1,3-6H2. The molecule has 0 saturated heterocycles. The van der Waals surface area contributed by atoms with Crippen LogP contribution < -0.4 is 0 Å². The average Bonchev–Trinajstić information content (AvgIpc) is 1.89. The number of rotatable bonds is 6. The van der Waals surface area contributed by atoms with Crippen LogP contribution in [0.2, 0.25) is 0 Å². The fourth-order valence-electron chi connectivity index (χ4n) is 0.347. The molecule has 0 aromatic carbocycles. The molecular weight excluding hydrogens is 123 g/mol. The quantitative estimate of drug-likeness (QED) is 0.400. The predicted octanol–water partition coefficient (Wildman–Crippen LogP) is 1.13. The van der Waals surface area contributed by atoms with Gasteiger partial charge in [0.25, 0.3) is 0 Å². The third kappa shape index (κ3) is 7.43. The van der Waals surface area contributed by atoms with Gasteiger partial charge in [0.05, 0.1) is 19.5 Å². The SMILES string of the molecule is C=COCCOCCF. The van der Waals surface area contributed by atoms with Crippen molar-refractivity contribution in [2.45, 2.75) is 0 Å². The zero-order chi connectivity index (χ0) is 6.95. The van der Waals surface area contributed by atoms with E-state index in [-0.39, 0.29) is 6.61 Å². The van der Waals surface area contributed by atoms with Gasteiger partial charge in [-0.05, 0) is 0 Å². The second kappa shape index (κ2) is 7.43. The number of ether oxygens (including phenoxy) is 2. The van der Waals surface area contributed by atoms with Crippen LogP contribution in [0.25, 0.3) is 0 Å². The first-order valence-corrected chi connectivity index (χ1v) is 2.78. The normalized spacial score (nSPS) is 9.00. The molecule has 0 aliphatic heterocycles. The van der Waals surface area contributed by atoms with E-state index in [1.165, 1.54) is 6.26 Å². The first-order chi connectivity index (χ1) is 4.41. The van der Waals surface area contributed by atoms with E-state index in [2.05, 4.69) is 6.58 Å². The van der Waals surface area contributed by atoms with E-state index in [0.717, 1.165) is 0 Å². The molecule has 2 nitrogen and oxygen atoms in total. The van der Waals surface area contributed by atoms with Crippen molar-refractivity contribution < 1.29 is 13.9 Å². The van der Waals surface area contributed by atoms with Crippen molar-refractivity contribution in [3.8, 4) is 0 Å². The Bertz CT molecular complexity index is 66.1. The Hall–Kier alpha value is -0.570. The molecule has 54 valence electrons. The van der Waals surface area contributed by atoms with Crippen LogP contribution in [-0.2, 0) is 9.47 Å². The molecular formula is C6H11FO2. The number of alkyl halides is 1. The lowest BCUT2D eigenvalue weighted by Gasteiger charge is -1.99. The lowest BCUT2D eigenvalue weighted by atomic mass is 10.7. The molecule has 0 aliphatic carbocycles. The highest BCUT2D eigenvalue weighted by molar-refractivity contribution is 4.47. The summed E-state index contributed by atoms with van der Waals surface area (Å²) >= 11 is 0. The summed E-state index contributed by atoms with van der Waals surface area (Å²) in [6.45, 7) is 3.92. The molecule has 0 aromatic heterocycles. The van der Waals surface area contributed by atoms with E-state index in [9.17, 15) is 4.39 Å². The van der Waals surface area contributed by atoms with Gasteiger partial charge in [-0.25, -0.2) is 4.39 Å².